The summed E-state index contributed by atoms with van der Waals surface area (Å²) in [6.07, 6.45) is 1.47. The van der Waals surface area contributed by atoms with Gasteiger partial charge in [0, 0.05) is 5.56 Å². The molecule has 32 heavy (non-hydrogen) atoms. The number of hydrazone groups is 1. The van der Waals surface area contributed by atoms with Crippen molar-refractivity contribution in [1.29, 1.82) is 0 Å². The monoisotopic (exact) mass is 458 g/mol. The topological polar surface area (TPSA) is 146 Å². The van der Waals surface area contributed by atoms with Crippen molar-refractivity contribution in [2.75, 3.05) is 38.4 Å². The average molecular weight is 459 g/mol. The summed E-state index contributed by atoms with van der Waals surface area (Å²) in [4.78, 5) is 12.5. The first-order chi connectivity index (χ1) is 15.5. The van der Waals surface area contributed by atoms with Crippen LogP contribution in [0.5, 0.6) is 23.0 Å². The smallest absolute Gasteiger partial charge is 0.264 e. The zero-order valence-electron chi connectivity index (χ0n) is 17.6. The van der Waals surface area contributed by atoms with Gasteiger partial charge in [0.25, 0.3) is 5.95 Å². The number of phenols is 1. The summed E-state index contributed by atoms with van der Waals surface area (Å²) in [7, 11) is 4.50. The molecule has 1 aromatic heterocycles. The van der Waals surface area contributed by atoms with E-state index in [0.29, 0.717) is 33.5 Å². The Balaban J connectivity index is 1.60. The molecule has 0 bridgehead atoms. The van der Waals surface area contributed by atoms with Crippen LogP contribution in [0.1, 0.15) is 15.9 Å². The number of nitrogen functional groups attached to an aromatic ring is 1. The molecule has 12 heteroatoms. The number of ether oxygens (including phenoxy) is 3. The molecular weight excluding hydrogens is 436 g/mol. The first-order valence-electron chi connectivity index (χ1n) is 9.21. The Morgan fingerprint density at radius 2 is 1.84 bits per heavy atom. The van der Waals surface area contributed by atoms with Crippen LogP contribution in [-0.2, 0) is 0 Å². The summed E-state index contributed by atoms with van der Waals surface area (Å²) in [5, 5.41) is 22.0. The molecule has 0 aliphatic heterocycles. The molecular formula is C20H22N6O5S. The number of phenolic OH excluding ortho intramolecular Hbond substituents is 1. The lowest BCUT2D eigenvalue weighted by Gasteiger charge is -2.09. The number of carbonyl (C=O) groups excluding carboxylic acids is 1. The molecule has 1 heterocycles. The molecule has 3 aromatic rings. The summed E-state index contributed by atoms with van der Waals surface area (Å²) in [6.45, 7) is 0. The van der Waals surface area contributed by atoms with E-state index in [1.165, 1.54) is 38.3 Å². The summed E-state index contributed by atoms with van der Waals surface area (Å²) in [5.74, 6) is 7.50. The Bertz CT molecular complexity index is 1130. The minimum atomic E-state index is -0.134. The van der Waals surface area contributed by atoms with Crippen molar-refractivity contribution in [2.45, 2.75) is 5.16 Å². The molecule has 0 saturated heterocycles. The zero-order valence-corrected chi connectivity index (χ0v) is 18.4. The van der Waals surface area contributed by atoms with E-state index in [0.717, 1.165) is 11.8 Å². The van der Waals surface area contributed by atoms with Crippen LogP contribution >= 0.6 is 11.8 Å². The summed E-state index contributed by atoms with van der Waals surface area (Å²) >= 11 is 1.13. The third-order valence-corrected chi connectivity index (χ3v) is 5.23. The molecule has 0 amide bonds. The van der Waals surface area contributed by atoms with E-state index in [2.05, 4.69) is 20.7 Å². The Morgan fingerprint density at radius 1 is 1.12 bits per heavy atom. The molecule has 0 fully saturated rings. The van der Waals surface area contributed by atoms with Crippen molar-refractivity contribution in [2.24, 2.45) is 5.10 Å². The van der Waals surface area contributed by atoms with E-state index in [1.807, 2.05) is 0 Å². The van der Waals surface area contributed by atoms with Gasteiger partial charge in [0.2, 0.25) is 5.16 Å². The van der Waals surface area contributed by atoms with Gasteiger partial charge in [-0.25, -0.2) is 10.1 Å². The highest BCUT2D eigenvalue weighted by Gasteiger charge is 2.15. The summed E-state index contributed by atoms with van der Waals surface area (Å²) < 4.78 is 16.6. The van der Waals surface area contributed by atoms with Gasteiger partial charge in [0.15, 0.2) is 28.8 Å². The molecule has 0 aliphatic carbocycles. The second-order valence-electron chi connectivity index (χ2n) is 6.26. The Morgan fingerprint density at radius 3 is 2.53 bits per heavy atom. The number of hydrogen-bond donors (Lipinski definition) is 3. The van der Waals surface area contributed by atoms with E-state index in [4.69, 9.17) is 20.1 Å². The van der Waals surface area contributed by atoms with E-state index in [1.54, 1.807) is 30.3 Å². The van der Waals surface area contributed by atoms with Gasteiger partial charge in [-0.15, -0.1) is 10.2 Å². The highest BCUT2D eigenvalue weighted by Crippen LogP contribution is 2.29. The number of nitrogens with one attached hydrogen (secondary N) is 1. The summed E-state index contributed by atoms with van der Waals surface area (Å²) in [5.41, 5.74) is 3.78. The number of aromatic nitrogens is 3. The molecule has 3 rings (SSSR count). The van der Waals surface area contributed by atoms with Gasteiger partial charge in [0.1, 0.15) is 0 Å². The Hall–Kier alpha value is -3.93. The SMILES string of the molecule is COc1ccc(/C=N/Nc2nnc(SCC(=O)c3ccc(OC)c(OC)c3)n2N)cc1O. The van der Waals surface area contributed by atoms with Crippen LogP contribution < -0.4 is 25.5 Å². The van der Waals surface area contributed by atoms with Crippen molar-refractivity contribution < 1.29 is 24.1 Å². The first kappa shape index (κ1) is 22.7. The van der Waals surface area contributed by atoms with Gasteiger partial charge in [-0.2, -0.15) is 5.10 Å². The number of nitrogens with two attached hydrogens (primary N) is 1. The molecule has 0 saturated carbocycles. The van der Waals surface area contributed by atoms with E-state index < -0.39 is 0 Å². The molecule has 0 atom stereocenters. The fourth-order valence-corrected chi connectivity index (χ4v) is 3.38. The number of carbonyl (C=O) groups is 1. The number of nitrogens with zero attached hydrogens (tertiary/aromatic N) is 4. The van der Waals surface area contributed by atoms with Crippen molar-refractivity contribution in [3.63, 3.8) is 0 Å². The van der Waals surface area contributed by atoms with Crippen LogP contribution in [0.4, 0.5) is 5.95 Å². The van der Waals surface area contributed by atoms with Crippen molar-refractivity contribution >= 4 is 29.7 Å². The van der Waals surface area contributed by atoms with Crippen molar-refractivity contribution in [3.05, 3.63) is 47.5 Å². The number of thioether (sulfide) groups is 1. The van der Waals surface area contributed by atoms with Gasteiger partial charge < -0.3 is 25.2 Å². The number of hydrogen-bond acceptors (Lipinski definition) is 11. The fourth-order valence-electron chi connectivity index (χ4n) is 2.63. The third kappa shape index (κ3) is 5.21. The quantitative estimate of drug-likeness (QED) is 0.136. The van der Waals surface area contributed by atoms with Crippen LogP contribution in [-0.4, -0.2) is 59.1 Å². The minimum absolute atomic E-state index is 0.00345. The van der Waals surface area contributed by atoms with Crippen LogP contribution in [0.2, 0.25) is 0 Å². The van der Waals surface area contributed by atoms with Gasteiger partial charge >= 0.3 is 0 Å². The van der Waals surface area contributed by atoms with Crippen LogP contribution in [0.3, 0.4) is 0 Å². The second kappa shape index (κ2) is 10.4. The number of methoxy groups -OCH3 is 3. The molecule has 2 aromatic carbocycles. The number of aromatic hydroxyl groups is 1. The standard InChI is InChI=1S/C20H22N6O5S/c1-29-16-6-4-12(8-14(16)27)10-22-23-19-24-25-20(26(19)21)32-11-15(28)13-5-7-17(30-2)18(9-13)31-3/h4-10,27H,11,21H2,1-3H3,(H,23,24)/b22-10+. The number of Topliss-reactive ketones (excluding diaryl/α,β-unsaturated/α-hetero) is 1. The maximum absolute atomic E-state index is 12.5. The minimum Gasteiger partial charge on any atom is -0.504 e. The molecule has 0 spiro atoms. The lowest BCUT2D eigenvalue weighted by Crippen LogP contribution is -2.14. The van der Waals surface area contributed by atoms with Gasteiger partial charge in [-0.1, -0.05) is 11.8 Å². The maximum atomic E-state index is 12.5. The fraction of sp³-hybridized carbons (Fsp3) is 0.200. The molecule has 0 unspecified atom stereocenters. The van der Waals surface area contributed by atoms with Crippen molar-refractivity contribution in [1.82, 2.24) is 14.9 Å². The van der Waals surface area contributed by atoms with Gasteiger partial charge in [-0.3, -0.25) is 4.79 Å². The zero-order chi connectivity index (χ0) is 23.1. The molecule has 11 nitrogen and oxygen atoms in total. The summed E-state index contributed by atoms with van der Waals surface area (Å²) in [6, 6.07) is 9.79. The van der Waals surface area contributed by atoms with E-state index in [9.17, 15) is 9.90 Å². The highest BCUT2D eigenvalue weighted by atomic mass is 32.2. The second-order valence-corrected chi connectivity index (χ2v) is 7.20. The van der Waals surface area contributed by atoms with Crippen LogP contribution in [0, 0.1) is 0 Å². The predicted octanol–water partition coefficient (Wildman–Crippen LogP) is 2.14. The predicted molar refractivity (Wildman–Crippen MR) is 121 cm³/mol. The third-order valence-electron chi connectivity index (χ3n) is 4.28. The number of ketones is 1. The first-order valence-corrected chi connectivity index (χ1v) is 10.2. The average Bonchev–Trinajstić information content (AvgIpc) is 3.16. The van der Waals surface area contributed by atoms with Crippen molar-refractivity contribution in [3.8, 4) is 23.0 Å². The van der Waals surface area contributed by atoms with Crippen LogP contribution in [0.15, 0.2) is 46.7 Å². The molecule has 0 radical (unpaired) electrons. The molecule has 168 valence electrons. The normalized spacial score (nSPS) is 10.8. The largest absolute Gasteiger partial charge is 0.504 e. The van der Waals surface area contributed by atoms with Gasteiger partial charge in [-0.05, 0) is 42.0 Å². The number of benzene rings is 2. The lowest BCUT2D eigenvalue weighted by molar-refractivity contribution is 0.102. The lowest BCUT2D eigenvalue weighted by atomic mass is 10.1. The van der Waals surface area contributed by atoms with Gasteiger partial charge in [0.05, 0.1) is 33.3 Å². The Labute approximate surface area is 188 Å². The number of rotatable bonds is 10. The van der Waals surface area contributed by atoms with E-state index >= 15 is 0 Å². The molecule has 4 N–H and O–H groups in total. The van der Waals surface area contributed by atoms with Crippen LogP contribution in [0.25, 0.3) is 0 Å². The Kier molecular flexibility index (Phi) is 7.39. The molecule has 0 aliphatic rings. The van der Waals surface area contributed by atoms with E-state index in [-0.39, 0.29) is 23.2 Å². The maximum Gasteiger partial charge on any atom is 0.264 e. The highest BCUT2D eigenvalue weighted by molar-refractivity contribution is 7.99. The number of anilines is 1.